The lowest BCUT2D eigenvalue weighted by atomic mass is 9.86. The van der Waals surface area contributed by atoms with Crippen LogP contribution in [0.3, 0.4) is 0 Å². The van der Waals surface area contributed by atoms with Crippen LogP contribution in [0.2, 0.25) is 0 Å². The molecule has 2 fully saturated rings. The van der Waals surface area contributed by atoms with Gasteiger partial charge in [-0.25, -0.2) is 0 Å². The average Bonchev–Trinajstić information content (AvgIpc) is 2.87. The zero-order chi connectivity index (χ0) is 11.5. The number of carbonyl (C=O) groups is 2. The average molecular weight is 225 g/mol. The SMILES string of the molecule is COC(=O)CNC(=O)C[C@@H]1C[C@H]2CC[C@H]1C2. The molecule has 0 radical (unpaired) electrons. The molecule has 2 aliphatic carbocycles. The number of nitrogens with one attached hydrogen (secondary N) is 1. The molecule has 2 saturated carbocycles. The van der Waals surface area contributed by atoms with Crippen molar-refractivity contribution in [2.24, 2.45) is 17.8 Å². The van der Waals surface area contributed by atoms with Gasteiger partial charge in [-0.2, -0.15) is 0 Å². The normalized spacial score (nSPS) is 31.4. The van der Waals surface area contributed by atoms with Gasteiger partial charge in [-0.05, 0) is 37.0 Å². The Labute approximate surface area is 95.7 Å². The molecule has 90 valence electrons. The molecule has 0 unspecified atom stereocenters. The first-order chi connectivity index (χ1) is 7.69. The largest absolute Gasteiger partial charge is 0.468 e. The molecular weight excluding hydrogens is 206 g/mol. The number of carbonyl (C=O) groups excluding carboxylic acids is 2. The maximum atomic E-state index is 11.6. The first-order valence-corrected chi connectivity index (χ1v) is 6.02. The lowest BCUT2D eigenvalue weighted by Gasteiger charge is -2.20. The third kappa shape index (κ3) is 2.54. The molecule has 2 bridgehead atoms. The highest BCUT2D eigenvalue weighted by Crippen LogP contribution is 2.49. The van der Waals surface area contributed by atoms with Gasteiger partial charge in [0.15, 0.2) is 0 Å². The zero-order valence-corrected chi connectivity index (χ0v) is 9.70. The Bertz CT molecular complexity index is 290. The Kier molecular flexibility index (Phi) is 3.46. The van der Waals surface area contributed by atoms with Crippen LogP contribution in [-0.4, -0.2) is 25.5 Å². The number of hydrogen-bond acceptors (Lipinski definition) is 3. The van der Waals surface area contributed by atoms with Gasteiger partial charge in [0.25, 0.3) is 0 Å². The third-order valence-electron chi connectivity index (χ3n) is 3.99. The molecule has 1 amide bonds. The van der Waals surface area contributed by atoms with Crippen LogP contribution < -0.4 is 5.32 Å². The van der Waals surface area contributed by atoms with Crippen LogP contribution in [-0.2, 0) is 14.3 Å². The minimum Gasteiger partial charge on any atom is -0.468 e. The summed E-state index contributed by atoms with van der Waals surface area (Å²) in [6.07, 6.45) is 5.74. The standard InChI is InChI=1S/C12H19NO3/c1-16-12(15)7-13-11(14)6-10-5-8-2-3-9(10)4-8/h8-10H,2-7H2,1H3,(H,13,14)/t8-,9-,10-/m0/s1. The molecule has 0 saturated heterocycles. The van der Waals surface area contributed by atoms with Crippen molar-refractivity contribution in [2.45, 2.75) is 32.1 Å². The predicted molar refractivity (Wildman–Crippen MR) is 58.6 cm³/mol. The van der Waals surface area contributed by atoms with E-state index in [1.165, 1.54) is 32.8 Å². The van der Waals surface area contributed by atoms with Gasteiger partial charge >= 0.3 is 5.97 Å². The van der Waals surface area contributed by atoms with Crippen LogP contribution in [0.1, 0.15) is 32.1 Å². The topological polar surface area (TPSA) is 55.4 Å². The summed E-state index contributed by atoms with van der Waals surface area (Å²) in [6.45, 7) is -0.00382. The minimum atomic E-state index is -0.388. The van der Waals surface area contributed by atoms with Crippen molar-refractivity contribution in [3.63, 3.8) is 0 Å². The lowest BCUT2D eigenvalue weighted by Crippen LogP contribution is -2.32. The van der Waals surface area contributed by atoms with E-state index >= 15 is 0 Å². The monoisotopic (exact) mass is 225 g/mol. The van der Waals surface area contributed by atoms with Crippen molar-refractivity contribution in [3.8, 4) is 0 Å². The van der Waals surface area contributed by atoms with E-state index in [9.17, 15) is 9.59 Å². The summed E-state index contributed by atoms with van der Waals surface area (Å²) in [5.74, 6) is 1.78. The highest BCUT2D eigenvalue weighted by molar-refractivity contribution is 5.81. The van der Waals surface area contributed by atoms with E-state index in [4.69, 9.17) is 0 Å². The Morgan fingerprint density at radius 2 is 2.12 bits per heavy atom. The summed E-state index contributed by atoms with van der Waals surface area (Å²) in [6, 6.07) is 0. The van der Waals surface area contributed by atoms with E-state index in [-0.39, 0.29) is 18.4 Å². The van der Waals surface area contributed by atoms with Crippen molar-refractivity contribution >= 4 is 11.9 Å². The molecule has 16 heavy (non-hydrogen) atoms. The second kappa shape index (κ2) is 4.85. The number of methoxy groups -OCH3 is 1. The molecule has 4 nitrogen and oxygen atoms in total. The summed E-state index contributed by atoms with van der Waals surface area (Å²) < 4.78 is 4.47. The second-order valence-corrected chi connectivity index (χ2v) is 4.99. The molecule has 0 aromatic rings. The number of ether oxygens (including phenoxy) is 1. The van der Waals surface area contributed by atoms with E-state index in [2.05, 4.69) is 10.1 Å². The van der Waals surface area contributed by atoms with Crippen LogP contribution in [0.15, 0.2) is 0 Å². The minimum absolute atomic E-state index is 0.00382. The van der Waals surface area contributed by atoms with Gasteiger partial charge in [0.05, 0.1) is 7.11 Å². The number of rotatable bonds is 4. The smallest absolute Gasteiger partial charge is 0.325 e. The molecule has 2 aliphatic rings. The molecule has 3 atom stereocenters. The van der Waals surface area contributed by atoms with E-state index in [1.54, 1.807) is 0 Å². The zero-order valence-electron chi connectivity index (χ0n) is 9.70. The third-order valence-corrected chi connectivity index (χ3v) is 3.99. The van der Waals surface area contributed by atoms with Crippen molar-refractivity contribution in [1.29, 1.82) is 0 Å². The summed E-state index contributed by atoms with van der Waals surface area (Å²) in [5, 5.41) is 2.61. The van der Waals surface area contributed by atoms with E-state index in [1.807, 2.05) is 0 Å². The summed E-state index contributed by atoms with van der Waals surface area (Å²) in [5.41, 5.74) is 0. The van der Waals surface area contributed by atoms with Crippen LogP contribution >= 0.6 is 0 Å². The van der Waals surface area contributed by atoms with Gasteiger partial charge in [-0.15, -0.1) is 0 Å². The maximum absolute atomic E-state index is 11.6. The summed E-state index contributed by atoms with van der Waals surface area (Å²) in [7, 11) is 1.32. The molecule has 2 rings (SSSR count). The van der Waals surface area contributed by atoms with E-state index in [0.29, 0.717) is 12.3 Å². The number of hydrogen-bond donors (Lipinski definition) is 1. The highest BCUT2D eigenvalue weighted by Gasteiger charge is 2.39. The molecule has 4 heteroatoms. The molecule has 0 aromatic heterocycles. The molecule has 0 spiro atoms. The van der Waals surface area contributed by atoms with Crippen LogP contribution in [0.5, 0.6) is 0 Å². The summed E-state index contributed by atoms with van der Waals surface area (Å²) in [4.78, 5) is 22.4. The molecule has 0 heterocycles. The number of fused-ring (bicyclic) bond motifs is 2. The fraction of sp³-hybridized carbons (Fsp3) is 0.833. The summed E-state index contributed by atoms with van der Waals surface area (Å²) >= 11 is 0. The van der Waals surface area contributed by atoms with E-state index in [0.717, 1.165) is 11.8 Å². The van der Waals surface area contributed by atoms with Gasteiger partial charge < -0.3 is 10.1 Å². The van der Waals surface area contributed by atoms with Crippen LogP contribution in [0.4, 0.5) is 0 Å². The van der Waals surface area contributed by atoms with Crippen LogP contribution in [0, 0.1) is 17.8 Å². The predicted octanol–water partition coefficient (Wildman–Crippen LogP) is 1.10. The Hall–Kier alpha value is -1.06. The first kappa shape index (κ1) is 11.4. The quantitative estimate of drug-likeness (QED) is 0.729. The van der Waals surface area contributed by atoms with Gasteiger partial charge in [-0.1, -0.05) is 6.42 Å². The second-order valence-electron chi connectivity index (χ2n) is 4.99. The first-order valence-electron chi connectivity index (χ1n) is 6.02. The van der Waals surface area contributed by atoms with Crippen molar-refractivity contribution < 1.29 is 14.3 Å². The lowest BCUT2D eigenvalue weighted by molar-refractivity contribution is -0.141. The van der Waals surface area contributed by atoms with Crippen molar-refractivity contribution in [1.82, 2.24) is 5.32 Å². The van der Waals surface area contributed by atoms with Gasteiger partial charge in [-0.3, -0.25) is 9.59 Å². The van der Waals surface area contributed by atoms with E-state index < -0.39 is 0 Å². The Morgan fingerprint density at radius 3 is 2.69 bits per heavy atom. The number of amides is 1. The molecule has 0 aromatic carbocycles. The fourth-order valence-corrected chi connectivity index (χ4v) is 3.18. The highest BCUT2D eigenvalue weighted by atomic mass is 16.5. The van der Waals surface area contributed by atoms with Crippen molar-refractivity contribution in [3.05, 3.63) is 0 Å². The Balaban J connectivity index is 1.69. The Morgan fingerprint density at radius 1 is 1.31 bits per heavy atom. The fourth-order valence-electron chi connectivity index (χ4n) is 3.18. The van der Waals surface area contributed by atoms with Gasteiger partial charge in [0.1, 0.15) is 6.54 Å². The molecule has 0 aliphatic heterocycles. The van der Waals surface area contributed by atoms with Crippen molar-refractivity contribution in [2.75, 3.05) is 13.7 Å². The molecular formula is C12H19NO3. The van der Waals surface area contributed by atoms with Crippen LogP contribution in [0.25, 0.3) is 0 Å². The van der Waals surface area contributed by atoms with Gasteiger partial charge in [0.2, 0.25) is 5.91 Å². The maximum Gasteiger partial charge on any atom is 0.325 e. The number of esters is 1. The van der Waals surface area contributed by atoms with Gasteiger partial charge in [0, 0.05) is 6.42 Å². The molecule has 1 N–H and O–H groups in total.